The predicted octanol–water partition coefficient (Wildman–Crippen LogP) is 1.86. The number of hydrogen-bond donors (Lipinski definition) is 1. The molecule has 4 heteroatoms. The number of nitrogens with two attached hydrogens (primary N) is 1. The van der Waals surface area contributed by atoms with E-state index in [4.69, 9.17) is 5.73 Å². The van der Waals surface area contributed by atoms with Crippen molar-refractivity contribution in [3.63, 3.8) is 0 Å². The Bertz CT molecular complexity index is 343. The van der Waals surface area contributed by atoms with Gasteiger partial charge in [0.15, 0.2) is 0 Å². The van der Waals surface area contributed by atoms with E-state index < -0.39 is 0 Å². The van der Waals surface area contributed by atoms with Crippen LogP contribution in [0, 0.1) is 6.92 Å². The zero-order chi connectivity index (χ0) is 12.8. The number of aromatic nitrogens is 2. The van der Waals surface area contributed by atoms with Crippen LogP contribution in [0.25, 0.3) is 0 Å². The fraction of sp³-hybridized carbons (Fsp3) is 0.769. The fourth-order valence-corrected chi connectivity index (χ4v) is 2.29. The van der Waals surface area contributed by atoms with Crippen molar-refractivity contribution in [1.29, 1.82) is 0 Å². The number of unbranched alkanes of at least 4 members (excludes halogenated alkanes) is 1. The monoisotopic (exact) mass is 238 g/mol. The summed E-state index contributed by atoms with van der Waals surface area (Å²) in [5.41, 5.74) is 8.12. The topological polar surface area (TPSA) is 47.1 Å². The molecule has 0 aliphatic carbocycles. The smallest absolute Gasteiger partial charge is 0.130 e. The van der Waals surface area contributed by atoms with Gasteiger partial charge < -0.3 is 10.6 Å². The lowest BCUT2D eigenvalue weighted by Crippen LogP contribution is -2.27. The minimum absolute atomic E-state index is 0.685. The van der Waals surface area contributed by atoms with Crippen molar-refractivity contribution in [2.24, 2.45) is 12.8 Å². The molecule has 1 heterocycles. The molecule has 4 nitrogen and oxygen atoms in total. The molecular weight excluding hydrogens is 212 g/mol. The van der Waals surface area contributed by atoms with Gasteiger partial charge in [0, 0.05) is 25.7 Å². The summed E-state index contributed by atoms with van der Waals surface area (Å²) in [6.07, 6.45) is 3.36. The first-order valence-corrected chi connectivity index (χ1v) is 6.63. The Hall–Kier alpha value is -1.03. The standard InChI is InChI=1S/C13H26N4/c1-5-7-10-17(6-2)13-12(8-9-14)11(3)15-16(13)4/h5-10,14H2,1-4H3. The lowest BCUT2D eigenvalue weighted by atomic mass is 10.1. The van der Waals surface area contributed by atoms with E-state index in [0.717, 1.165) is 25.2 Å². The van der Waals surface area contributed by atoms with Gasteiger partial charge in [0.05, 0.1) is 5.69 Å². The maximum absolute atomic E-state index is 5.69. The maximum Gasteiger partial charge on any atom is 0.130 e. The molecule has 0 unspecified atom stereocenters. The van der Waals surface area contributed by atoms with E-state index in [-0.39, 0.29) is 0 Å². The Kier molecular flexibility index (Phi) is 5.48. The molecule has 0 aliphatic rings. The van der Waals surface area contributed by atoms with Crippen molar-refractivity contribution in [2.75, 3.05) is 24.5 Å². The van der Waals surface area contributed by atoms with Crippen molar-refractivity contribution in [2.45, 2.75) is 40.0 Å². The highest BCUT2D eigenvalue weighted by Crippen LogP contribution is 2.23. The lowest BCUT2D eigenvalue weighted by Gasteiger charge is -2.24. The van der Waals surface area contributed by atoms with Crippen molar-refractivity contribution in [3.05, 3.63) is 11.3 Å². The molecule has 0 bridgehead atoms. The molecule has 0 spiro atoms. The molecule has 0 atom stereocenters. The maximum atomic E-state index is 5.69. The first-order chi connectivity index (χ1) is 8.15. The van der Waals surface area contributed by atoms with Gasteiger partial charge in [0.2, 0.25) is 0 Å². The lowest BCUT2D eigenvalue weighted by molar-refractivity contribution is 0.675. The molecule has 1 rings (SSSR count). The zero-order valence-electron chi connectivity index (χ0n) is 11.7. The summed E-state index contributed by atoms with van der Waals surface area (Å²) < 4.78 is 2.00. The summed E-state index contributed by atoms with van der Waals surface area (Å²) in [4.78, 5) is 2.41. The first-order valence-electron chi connectivity index (χ1n) is 6.63. The fourth-order valence-electron chi connectivity index (χ4n) is 2.29. The summed E-state index contributed by atoms with van der Waals surface area (Å²) in [6, 6.07) is 0. The number of rotatable bonds is 7. The minimum atomic E-state index is 0.685. The largest absolute Gasteiger partial charge is 0.357 e. The molecule has 0 fully saturated rings. The Morgan fingerprint density at radius 3 is 2.59 bits per heavy atom. The highest BCUT2D eigenvalue weighted by molar-refractivity contribution is 5.50. The van der Waals surface area contributed by atoms with E-state index in [2.05, 4.69) is 30.8 Å². The predicted molar refractivity (Wildman–Crippen MR) is 73.5 cm³/mol. The van der Waals surface area contributed by atoms with Crippen LogP contribution < -0.4 is 10.6 Å². The summed E-state index contributed by atoms with van der Waals surface area (Å²) in [5.74, 6) is 1.25. The quantitative estimate of drug-likeness (QED) is 0.788. The number of anilines is 1. The third kappa shape index (κ3) is 3.22. The van der Waals surface area contributed by atoms with Gasteiger partial charge in [-0.3, -0.25) is 4.68 Å². The van der Waals surface area contributed by atoms with Crippen LogP contribution >= 0.6 is 0 Å². The van der Waals surface area contributed by atoms with Crippen molar-refractivity contribution >= 4 is 5.82 Å². The molecule has 0 saturated heterocycles. The summed E-state index contributed by atoms with van der Waals surface area (Å²) in [5, 5.41) is 4.53. The molecule has 17 heavy (non-hydrogen) atoms. The Morgan fingerprint density at radius 1 is 1.35 bits per heavy atom. The SMILES string of the molecule is CCCCN(CC)c1c(CCN)c(C)nn1C. The molecule has 0 radical (unpaired) electrons. The molecule has 0 saturated carbocycles. The van der Waals surface area contributed by atoms with Crippen LogP contribution in [0.4, 0.5) is 5.82 Å². The van der Waals surface area contributed by atoms with Gasteiger partial charge in [0.25, 0.3) is 0 Å². The average Bonchev–Trinajstić information content (AvgIpc) is 2.57. The van der Waals surface area contributed by atoms with Gasteiger partial charge in [-0.2, -0.15) is 5.10 Å². The highest BCUT2D eigenvalue weighted by Gasteiger charge is 2.17. The van der Waals surface area contributed by atoms with Crippen molar-refractivity contribution in [1.82, 2.24) is 9.78 Å². The molecule has 98 valence electrons. The Morgan fingerprint density at radius 2 is 2.06 bits per heavy atom. The van der Waals surface area contributed by atoms with Gasteiger partial charge in [-0.25, -0.2) is 0 Å². The second-order valence-electron chi connectivity index (χ2n) is 4.48. The van der Waals surface area contributed by atoms with Gasteiger partial charge >= 0.3 is 0 Å². The van der Waals surface area contributed by atoms with Crippen molar-refractivity contribution < 1.29 is 0 Å². The molecular formula is C13H26N4. The minimum Gasteiger partial charge on any atom is -0.357 e. The van der Waals surface area contributed by atoms with Crippen LogP contribution in [0.15, 0.2) is 0 Å². The molecule has 1 aromatic rings. The van der Waals surface area contributed by atoms with Gasteiger partial charge in [0.1, 0.15) is 5.82 Å². The van der Waals surface area contributed by atoms with Crippen LogP contribution in [-0.2, 0) is 13.5 Å². The normalized spacial score (nSPS) is 10.9. The summed E-state index contributed by atoms with van der Waals surface area (Å²) in [6.45, 7) is 9.31. The number of nitrogens with zero attached hydrogens (tertiary/aromatic N) is 3. The van der Waals surface area contributed by atoms with E-state index >= 15 is 0 Å². The molecule has 1 aromatic heterocycles. The Labute approximate surface area is 105 Å². The third-order valence-electron chi connectivity index (χ3n) is 3.17. The van der Waals surface area contributed by atoms with Crippen LogP contribution in [0.2, 0.25) is 0 Å². The van der Waals surface area contributed by atoms with Gasteiger partial charge in [-0.05, 0) is 33.2 Å². The molecule has 0 aliphatic heterocycles. The molecule has 2 N–H and O–H groups in total. The summed E-state index contributed by atoms with van der Waals surface area (Å²) in [7, 11) is 2.02. The number of hydrogen-bond acceptors (Lipinski definition) is 3. The second kappa shape index (κ2) is 6.64. The Balaban J connectivity index is 2.99. The first kappa shape index (κ1) is 14.0. The van der Waals surface area contributed by atoms with Crippen molar-refractivity contribution in [3.8, 4) is 0 Å². The molecule has 0 aromatic carbocycles. The van der Waals surface area contributed by atoms with Crippen LogP contribution in [0.3, 0.4) is 0 Å². The van der Waals surface area contributed by atoms with E-state index in [1.807, 2.05) is 11.7 Å². The second-order valence-corrected chi connectivity index (χ2v) is 4.48. The zero-order valence-corrected chi connectivity index (χ0v) is 11.7. The van der Waals surface area contributed by atoms with E-state index in [1.165, 1.54) is 24.2 Å². The third-order valence-corrected chi connectivity index (χ3v) is 3.17. The molecule has 0 amide bonds. The van der Waals surface area contributed by atoms with Gasteiger partial charge in [-0.15, -0.1) is 0 Å². The highest BCUT2D eigenvalue weighted by atomic mass is 15.4. The number of aryl methyl sites for hydroxylation is 2. The van der Waals surface area contributed by atoms with E-state index in [1.54, 1.807) is 0 Å². The van der Waals surface area contributed by atoms with E-state index in [9.17, 15) is 0 Å². The van der Waals surface area contributed by atoms with Gasteiger partial charge in [-0.1, -0.05) is 13.3 Å². The van der Waals surface area contributed by atoms with E-state index in [0.29, 0.717) is 6.54 Å². The van der Waals surface area contributed by atoms with Crippen LogP contribution in [-0.4, -0.2) is 29.4 Å². The summed E-state index contributed by atoms with van der Waals surface area (Å²) >= 11 is 0. The van der Waals surface area contributed by atoms with Crippen LogP contribution in [0.1, 0.15) is 37.9 Å². The van der Waals surface area contributed by atoms with Crippen LogP contribution in [0.5, 0.6) is 0 Å². The average molecular weight is 238 g/mol.